The maximum atomic E-state index is 14.0. The smallest absolute Gasteiger partial charge is 0.436 e. The van der Waals surface area contributed by atoms with Gasteiger partial charge in [0.1, 0.15) is 11.4 Å². The summed E-state index contributed by atoms with van der Waals surface area (Å²) in [6.45, 7) is 4.65. The average molecular weight is 519 g/mol. The van der Waals surface area contributed by atoms with E-state index >= 15 is 0 Å². The summed E-state index contributed by atoms with van der Waals surface area (Å²) in [5, 5.41) is 6.69. The van der Waals surface area contributed by atoms with Gasteiger partial charge in [0.2, 0.25) is 0 Å². The van der Waals surface area contributed by atoms with Crippen molar-refractivity contribution in [1.82, 2.24) is 15.1 Å². The van der Waals surface area contributed by atoms with Gasteiger partial charge in [0.15, 0.2) is 5.69 Å². The molecule has 1 aliphatic heterocycles. The Kier molecular flexibility index (Phi) is 7.07. The lowest BCUT2D eigenvalue weighted by Gasteiger charge is -2.30. The lowest BCUT2D eigenvalue weighted by atomic mass is 10.1. The van der Waals surface area contributed by atoms with Gasteiger partial charge in [-0.2, -0.15) is 18.3 Å². The molecule has 0 aliphatic carbocycles. The fourth-order valence-corrected chi connectivity index (χ4v) is 4.23. The number of carbonyl (C=O) groups excluding carboxylic acids is 2. The molecule has 0 unspecified atom stereocenters. The van der Waals surface area contributed by atoms with E-state index in [9.17, 15) is 22.8 Å². The van der Waals surface area contributed by atoms with E-state index in [0.717, 1.165) is 0 Å². The highest BCUT2D eigenvalue weighted by molar-refractivity contribution is 6.31. The topological polar surface area (TPSA) is 76.5 Å². The summed E-state index contributed by atoms with van der Waals surface area (Å²) in [6, 6.07) is 13.0. The Morgan fingerprint density at radius 1 is 1.11 bits per heavy atom. The third kappa shape index (κ3) is 5.08. The monoisotopic (exact) mass is 518 g/mol. The maximum absolute atomic E-state index is 14.0. The van der Waals surface area contributed by atoms with Gasteiger partial charge in [0.05, 0.1) is 12.7 Å². The molecular weight excluding hydrogens is 497 g/mol. The van der Waals surface area contributed by atoms with E-state index in [1.54, 1.807) is 29.2 Å². The van der Waals surface area contributed by atoms with Crippen LogP contribution < -0.4 is 10.2 Å². The molecule has 4 rings (SSSR count). The Labute approximate surface area is 210 Å². The van der Waals surface area contributed by atoms with Crippen molar-refractivity contribution in [2.75, 3.05) is 18.6 Å². The van der Waals surface area contributed by atoms with Gasteiger partial charge < -0.3 is 15.0 Å². The largest absolute Gasteiger partial charge is 0.465 e. The first-order chi connectivity index (χ1) is 17.1. The first-order valence-corrected chi connectivity index (χ1v) is 11.3. The number of nitrogens with one attached hydrogen (secondary N) is 1. The van der Waals surface area contributed by atoms with Crippen LogP contribution in [0.1, 0.15) is 44.0 Å². The number of carbonyl (C=O) groups is 2. The second kappa shape index (κ2) is 10.1. The van der Waals surface area contributed by atoms with Gasteiger partial charge in [0.25, 0.3) is 5.91 Å². The molecule has 7 nitrogen and oxygen atoms in total. The van der Waals surface area contributed by atoms with Gasteiger partial charge in [-0.1, -0.05) is 48.5 Å². The molecule has 0 fully saturated rings. The molecule has 0 bridgehead atoms. The lowest BCUT2D eigenvalue weighted by molar-refractivity contribution is -0.141. The molecule has 1 N–H and O–H groups in total. The Hall–Kier alpha value is -3.79. The summed E-state index contributed by atoms with van der Waals surface area (Å²) in [5.41, 5.74) is -0.377. The highest BCUT2D eigenvalue weighted by Gasteiger charge is 2.43. The highest BCUT2D eigenvalue weighted by atomic mass is 35.5. The molecule has 188 valence electrons. The zero-order valence-electron chi connectivity index (χ0n) is 19.2. The molecule has 0 spiro atoms. The number of aromatic nitrogens is 2. The van der Waals surface area contributed by atoms with Gasteiger partial charge in [0, 0.05) is 30.4 Å². The molecular formula is C25H22ClF3N4O3. The number of esters is 1. The standard InChI is InChI=1S/C25H22ClF3N4O3/c1-15(16-8-10-17(11-9-16)24(35)36-2)30-22(34)20-21(25(27,28)29)31-33-13-5-12-32(23(20)33)14-18-6-3-4-7-19(18)26/h3-4,6-11H,1,5,12-14H2,2H3,(H,30,34). The fraction of sp³-hybridized carbons (Fsp3) is 0.240. The quantitative estimate of drug-likeness (QED) is 0.457. The van der Waals surface area contributed by atoms with Crippen LogP contribution in [0.25, 0.3) is 5.70 Å². The number of hydrogen-bond donors (Lipinski definition) is 1. The van der Waals surface area contributed by atoms with E-state index in [1.807, 2.05) is 0 Å². The molecule has 0 saturated carbocycles. The van der Waals surface area contributed by atoms with Crippen LogP contribution in [-0.2, 0) is 24.0 Å². The molecule has 36 heavy (non-hydrogen) atoms. The van der Waals surface area contributed by atoms with Crippen molar-refractivity contribution in [2.24, 2.45) is 0 Å². The van der Waals surface area contributed by atoms with Gasteiger partial charge in [-0.05, 0) is 35.7 Å². The zero-order chi connectivity index (χ0) is 26.0. The first-order valence-electron chi connectivity index (χ1n) is 11.0. The molecule has 3 aromatic rings. The molecule has 0 radical (unpaired) electrons. The number of ether oxygens (including phenoxy) is 1. The molecule has 1 amide bonds. The Bertz CT molecular complexity index is 1320. The number of benzene rings is 2. The molecule has 1 aliphatic rings. The minimum atomic E-state index is -4.85. The summed E-state index contributed by atoms with van der Waals surface area (Å²) in [6.07, 6.45) is -4.30. The Morgan fingerprint density at radius 3 is 2.42 bits per heavy atom. The molecule has 2 aromatic carbocycles. The van der Waals surface area contributed by atoms with Crippen molar-refractivity contribution in [3.05, 3.63) is 88.1 Å². The van der Waals surface area contributed by atoms with Crippen LogP contribution >= 0.6 is 11.6 Å². The number of hydrogen-bond acceptors (Lipinski definition) is 5. The number of alkyl halides is 3. The second-order valence-corrected chi connectivity index (χ2v) is 8.54. The number of aryl methyl sites for hydroxylation is 1. The first kappa shape index (κ1) is 25.3. The predicted molar refractivity (Wildman–Crippen MR) is 129 cm³/mol. The molecule has 0 saturated heterocycles. The van der Waals surface area contributed by atoms with Crippen LogP contribution in [0.2, 0.25) is 5.02 Å². The lowest BCUT2D eigenvalue weighted by Crippen LogP contribution is -2.34. The minimum Gasteiger partial charge on any atom is -0.465 e. The number of nitrogens with zero attached hydrogens (tertiary/aromatic N) is 3. The highest BCUT2D eigenvalue weighted by Crippen LogP contribution is 2.38. The van der Waals surface area contributed by atoms with Crippen molar-refractivity contribution in [3.63, 3.8) is 0 Å². The van der Waals surface area contributed by atoms with Crippen LogP contribution in [0.15, 0.2) is 55.1 Å². The van der Waals surface area contributed by atoms with Crippen LogP contribution in [0, 0.1) is 0 Å². The molecule has 11 heteroatoms. The summed E-state index contributed by atoms with van der Waals surface area (Å²) < 4.78 is 47.8. The van der Waals surface area contributed by atoms with Gasteiger partial charge >= 0.3 is 12.1 Å². The zero-order valence-corrected chi connectivity index (χ0v) is 20.0. The van der Waals surface area contributed by atoms with E-state index in [2.05, 4.69) is 21.7 Å². The number of methoxy groups -OCH3 is 1. The van der Waals surface area contributed by atoms with Crippen LogP contribution in [-0.4, -0.2) is 35.3 Å². The fourth-order valence-electron chi connectivity index (χ4n) is 4.04. The van der Waals surface area contributed by atoms with Crippen molar-refractivity contribution < 1.29 is 27.5 Å². The van der Waals surface area contributed by atoms with E-state index in [-0.39, 0.29) is 30.2 Å². The van der Waals surface area contributed by atoms with E-state index in [1.165, 1.54) is 36.1 Å². The number of rotatable bonds is 6. The van der Waals surface area contributed by atoms with Crippen molar-refractivity contribution in [3.8, 4) is 0 Å². The summed E-state index contributed by atoms with van der Waals surface area (Å²) in [5.74, 6) is -1.47. The summed E-state index contributed by atoms with van der Waals surface area (Å²) >= 11 is 6.28. The van der Waals surface area contributed by atoms with E-state index in [0.29, 0.717) is 29.1 Å². The number of halogens is 4. The predicted octanol–water partition coefficient (Wildman–Crippen LogP) is 5.15. The molecule has 2 heterocycles. The SMILES string of the molecule is C=C(NC(=O)c1c(C(F)(F)F)nn2c1N(Cc1ccccc1Cl)CCC2)c1ccc(C(=O)OC)cc1. The normalized spacial score (nSPS) is 13.2. The van der Waals surface area contributed by atoms with E-state index < -0.39 is 29.3 Å². The summed E-state index contributed by atoms with van der Waals surface area (Å²) in [4.78, 5) is 26.6. The Balaban J connectivity index is 1.67. The maximum Gasteiger partial charge on any atom is 0.436 e. The van der Waals surface area contributed by atoms with Crippen molar-refractivity contribution in [1.29, 1.82) is 0 Å². The van der Waals surface area contributed by atoms with Crippen LogP contribution in [0.4, 0.5) is 19.0 Å². The van der Waals surface area contributed by atoms with Gasteiger partial charge in [-0.15, -0.1) is 0 Å². The van der Waals surface area contributed by atoms with Gasteiger partial charge in [-0.25, -0.2) is 9.48 Å². The third-order valence-electron chi connectivity index (χ3n) is 5.76. The molecule has 1 aromatic heterocycles. The summed E-state index contributed by atoms with van der Waals surface area (Å²) in [7, 11) is 1.25. The van der Waals surface area contributed by atoms with Crippen molar-refractivity contribution >= 4 is 35.0 Å². The van der Waals surface area contributed by atoms with Gasteiger partial charge in [-0.3, -0.25) is 4.79 Å². The van der Waals surface area contributed by atoms with E-state index in [4.69, 9.17) is 11.6 Å². The van der Waals surface area contributed by atoms with Crippen molar-refractivity contribution in [2.45, 2.75) is 25.7 Å². The number of fused-ring (bicyclic) bond motifs is 1. The second-order valence-electron chi connectivity index (χ2n) is 8.14. The van der Waals surface area contributed by atoms with Crippen LogP contribution in [0.5, 0.6) is 0 Å². The number of anilines is 1. The minimum absolute atomic E-state index is 0.0675. The Morgan fingerprint density at radius 2 is 1.78 bits per heavy atom. The molecule has 0 atom stereocenters. The van der Waals surface area contributed by atoms with Crippen LogP contribution in [0.3, 0.4) is 0 Å². The number of amides is 1. The average Bonchev–Trinajstić information content (AvgIpc) is 3.26. The third-order valence-corrected chi connectivity index (χ3v) is 6.13.